The van der Waals surface area contributed by atoms with Crippen molar-refractivity contribution in [2.75, 3.05) is 32.8 Å². The summed E-state index contributed by atoms with van der Waals surface area (Å²) >= 11 is 0. The lowest BCUT2D eigenvalue weighted by atomic mass is 9.88. The topological polar surface area (TPSA) is 32.8 Å². The molecule has 1 aromatic carbocycles. The molecule has 4 nitrogen and oxygen atoms in total. The second-order valence-electron chi connectivity index (χ2n) is 7.48. The molecule has 0 saturated carbocycles. The fourth-order valence-corrected chi connectivity index (χ4v) is 4.31. The van der Waals surface area contributed by atoms with Gasteiger partial charge in [-0.2, -0.15) is 0 Å². The Bertz CT molecular complexity index is 589. The molecule has 0 aromatic heterocycles. The van der Waals surface area contributed by atoms with Gasteiger partial charge in [0.15, 0.2) is 0 Å². The van der Waals surface area contributed by atoms with Crippen molar-refractivity contribution in [3.05, 3.63) is 35.4 Å². The Balaban J connectivity index is 1.35. The summed E-state index contributed by atoms with van der Waals surface area (Å²) in [6.07, 6.45) is 5.10. The number of nitrogens with zero attached hydrogens (tertiary/aromatic N) is 2. The van der Waals surface area contributed by atoms with Crippen molar-refractivity contribution in [2.24, 2.45) is 0 Å². The second kappa shape index (κ2) is 5.91. The average molecular weight is 314 g/mol. The molecule has 0 radical (unpaired) electrons. The molecule has 3 aliphatic heterocycles. The van der Waals surface area contributed by atoms with Crippen molar-refractivity contribution in [1.29, 1.82) is 0 Å². The summed E-state index contributed by atoms with van der Waals surface area (Å²) in [5.41, 5.74) is 1.86. The minimum absolute atomic E-state index is 0.0679. The van der Waals surface area contributed by atoms with Gasteiger partial charge < -0.3 is 9.64 Å². The third-order valence-electron chi connectivity index (χ3n) is 5.61. The Morgan fingerprint density at radius 1 is 1.22 bits per heavy atom. The fourth-order valence-electron chi connectivity index (χ4n) is 4.31. The molecule has 3 saturated heterocycles. The van der Waals surface area contributed by atoms with Crippen LogP contribution in [-0.2, 0) is 4.74 Å². The summed E-state index contributed by atoms with van der Waals surface area (Å²) in [5, 5.41) is 0. The smallest absolute Gasteiger partial charge is 0.254 e. The number of hydrogen-bond donors (Lipinski definition) is 0. The molecule has 3 fully saturated rings. The van der Waals surface area contributed by atoms with E-state index < -0.39 is 0 Å². The Labute approximate surface area is 138 Å². The summed E-state index contributed by atoms with van der Waals surface area (Å²) in [7, 11) is 0. The zero-order chi connectivity index (χ0) is 15.9. The molecule has 1 aromatic rings. The van der Waals surface area contributed by atoms with Crippen molar-refractivity contribution in [3.8, 4) is 0 Å². The van der Waals surface area contributed by atoms with Gasteiger partial charge in [0, 0.05) is 11.6 Å². The molecule has 4 heteroatoms. The standard InChI is InChI=1S/C19H26N2O2/c1-15-6-5-7-16(10-15)18(22)21-13-19(14-21)11-17(12-23-19)20-8-3-2-4-9-20/h5-7,10,17H,2-4,8-9,11-14H2,1H3/t17-/m0/s1. The number of amides is 1. The molecule has 23 heavy (non-hydrogen) atoms. The van der Waals surface area contributed by atoms with Crippen molar-refractivity contribution in [2.45, 2.75) is 44.2 Å². The Morgan fingerprint density at radius 2 is 2.00 bits per heavy atom. The second-order valence-corrected chi connectivity index (χ2v) is 7.48. The first-order valence-corrected chi connectivity index (χ1v) is 8.89. The first-order chi connectivity index (χ1) is 11.2. The highest BCUT2D eigenvalue weighted by molar-refractivity contribution is 5.95. The average Bonchev–Trinajstić information content (AvgIpc) is 2.99. The summed E-state index contributed by atoms with van der Waals surface area (Å²) in [5.74, 6) is 0.143. The van der Waals surface area contributed by atoms with E-state index in [1.807, 2.05) is 36.1 Å². The summed E-state index contributed by atoms with van der Waals surface area (Å²) in [6.45, 7) is 6.81. The lowest BCUT2D eigenvalue weighted by Gasteiger charge is -2.47. The van der Waals surface area contributed by atoms with Gasteiger partial charge in [0.25, 0.3) is 5.91 Å². The van der Waals surface area contributed by atoms with Crippen LogP contribution in [0.15, 0.2) is 24.3 Å². The third kappa shape index (κ3) is 2.90. The highest BCUT2D eigenvalue weighted by Crippen LogP contribution is 2.38. The largest absolute Gasteiger partial charge is 0.370 e. The lowest BCUT2D eigenvalue weighted by molar-refractivity contribution is -0.0950. The van der Waals surface area contributed by atoms with E-state index in [1.165, 1.54) is 32.4 Å². The van der Waals surface area contributed by atoms with E-state index in [-0.39, 0.29) is 11.5 Å². The van der Waals surface area contributed by atoms with Crippen LogP contribution in [0.25, 0.3) is 0 Å². The molecule has 0 aliphatic carbocycles. The number of piperidine rings is 1. The quantitative estimate of drug-likeness (QED) is 0.841. The predicted octanol–water partition coefficient (Wildman–Crippen LogP) is 2.46. The minimum atomic E-state index is -0.0679. The number of aryl methyl sites for hydroxylation is 1. The molecule has 124 valence electrons. The Kier molecular flexibility index (Phi) is 3.90. The van der Waals surface area contributed by atoms with Gasteiger partial charge in [-0.1, -0.05) is 24.1 Å². The summed E-state index contributed by atoms with van der Waals surface area (Å²) < 4.78 is 6.15. The maximum absolute atomic E-state index is 12.6. The Hall–Kier alpha value is -1.39. The van der Waals surface area contributed by atoms with Gasteiger partial charge in [-0.3, -0.25) is 9.69 Å². The summed E-state index contributed by atoms with van der Waals surface area (Å²) in [6, 6.07) is 8.42. The van der Waals surface area contributed by atoms with Crippen molar-refractivity contribution in [1.82, 2.24) is 9.80 Å². The van der Waals surface area contributed by atoms with Gasteiger partial charge >= 0.3 is 0 Å². The molecule has 1 atom stereocenters. The minimum Gasteiger partial charge on any atom is -0.370 e. The maximum atomic E-state index is 12.6. The van der Waals surface area contributed by atoms with Crippen LogP contribution in [0.5, 0.6) is 0 Å². The highest BCUT2D eigenvalue weighted by atomic mass is 16.5. The first-order valence-electron chi connectivity index (χ1n) is 8.89. The monoisotopic (exact) mass is 314 g/mol. The van der Waals surface area contributed by atoms with Gasteiger partial charge in [-0.15, -0.1) is 0 Å². The van der Waals surface area contributed by atoms with E-state index in [0.717, 1.165) is 37.2 Å². The van der Waals surface area contributed by atoms with Gasteiger partial charge in [-0.05, 0) is 51.4 Å². The summed E-state index contributed by atoms with van der Waals surface area (Å²) in [4.78, 5) is 17.1. The van der Waals surface area contributed by atoms with Crippen LogP contribution in [-0.4, -0.2) is 60.1 Å². The van der Waals surface area contributed by atoms with Gasteiger partial charge in [0.2, 0.25) is 0 Å². The van der Waals surface area contributed by atoms with E-state index in [1.54, 1.807) is 0 Å². The maximum Gasteiger partial charge on any atom is 0.254 e. The molecule has 0 N–H and O–H groups in total. The van der Waals surface area contributed by atoms with Crippen LogP contribution in [0.1, 0.15) is 41.6 Å². The van der Waals surface area contributed by atoms with Crippen LogP contribution in [0, 0.1) is 6.92 Å². The number of carbonyl (C=O) groups excluding carboxylic acids is 1. The van der Waals surface area contributed by atoms with Crippen LogP contribution < -0.4 is 0 Å². The van der Waals surface area contributed by atoms with Crippen LogP contribution in [0.4, 0.5) is 0 Å². The third-order valence-corrected chi connectivity index (χ3v) is 5.61. The van der Waals surface area contributed by atoms with E-state index >= 15 is 0 Å². The van der Waals surface area contributed by atoms with Crippen molar-refractivity contribution in [3.63, 3.8) is 0 Å². The molecule has 4 rings (SSSR count). The number of rotatable bonds is 2. The van der Waals surface area contributed by atoms with Crippen LogP contribution in [0.2, 0.25) is 0 Å². The zero-order valence-electron chi connectivity index (χ0n) is 14.0. The van der Waals surface area contributed by atoms with Crippen LogP contribution >= 0.6 is 0 Å². The fraction of sp³-hybridized carbons (Fsp3) is 0.632. The number of hydrogen-bond acceptors (Lipinski definition) is 3. The predicted molar refractivity (Wildman–Crippen MR) is 89.6 cm³/mol. The number of likely N-dealkylation sites (tertiary alicyclic amines) is 2. The molecular formula is C19H26N2O2. The van der Waals surface area contributed by atoms with E-state index in [0.29, 0.717) is 6.04 Å². The van der Waals surface area contributed by atoms with E-state index in [4.69, 9.17) is 4.74 Å². The first kappa shape index (κ1) is 15.2. The molecule has 1 amide bonds. The molecule has 3 heterocycles. The Morgan fingerprint density at radius 3 is 2.74 bits per heavy atom. The molecule has 0 unspecified atom stereocenters. The lowest BCUT2D eigenvalue weighted by Crippen LogP contribution is -2.63. The number of benzene rings is 1. The number of carbonyl (C=O) groups is 1. The number of ether oxygens (including phenoxy) is 1. The van der Waals surface area contributed by atoms with Gasteiger partial charge in [0.05, 0.1) is 19.7 Å². The molecule has 0 bridgehead atoms. The normalized spacial score (nSPS) is 27.2. The molecular weight excluding hydrogens is 288 g/mol. The highest BCUT2D eigenvalue weighted by Gasteiger charge is 2.52. The van der Waals surface area contributed by atoms with E-state index in [2.05, 4.69) is 4.90 Å². The van der Waals surface area contributed by atoms with E-state index in [9.17, 15) is 4.79 Å². The van der Waals surface area contributed by atoms with Crippen molar-refractivity contribution >= 4 is 5.91 Å². The molecule has 3 aliphatic rings. The zero-order valence-corrected chi connectivity index (χ0v) is 14.0. The van der Waals surface area contributed by atoms with Crippen molar-refractivity contribution < 1.29 is 9.53 Å². The van der Waals surface area contributed by atoms with Gasteiger partial charge in [0.1, 0.15) is 5.60 Å². The SMILES string of the molecule is Cc1cccc(C(=O)N2CC3(C[C@H](N4CCCCC4)CO3)C2)c1. The molecule has 1 spiro atoms. The van der Waals surface area contributed by atoms with Crippen LogP contribution in [0.3, 0.4) is 0 Å². The van der Waals surface area contributed by atoms with Gasteiger partial charge in [-0.25, -0.2) is 0 Å².